The van der Waals surface area contributed by atoms with E-state index in [0.717, 1.165) is 76.8 Å². The summed E-state index contributed by atoms with van der Waals surface area (Å²) in [6, 6.07) is 9.53. The molecular formula is C55H60F3N9O4. The lowest BCUT2D eigenvalue weighted by atomic mass is 9.59. The number of likely N-dealkylation sites (tertiary alicyclic amines) is 2. The number of hydrogen-bond donors (Lipinski definition) is 4. The van der Waals surface area contributed by atoms with Gasteiger partial charge in [0.05, 0.1) is 17.6 Å². The lowest BCUT2D eigenvalue weighted by Gasteiger charge is -2.56. The van der Waals surface area contributed by atoms with E-state index in [9.17, 15) is 14.7 Å². The molecular weight excluding hydrogens is 908 g/mol. The quantitative estimate of drug-likeness (QED) is 0.0879. The molecule has 370 valence electrons. The number of amides is 2. The third kappa shape index (κ3) is 7.92. The summed E-state index contributed by atoms with van der Waals surface area (Å²) in [5, 5.41) is 20.6. The molecule has 13 nitrogen and oxygen atoms in total. The van der Waals surface area contributed by atoms with Crippen LogP contribution in [0.4, 0.5) is 24.7 Å². The number of hydrogen-bond acceptors (Lipinski definition) is 12. The van der Waals surface area contributed by atoms with Gasteiger partial charge in [-0.1, -0.05) is 12.0 Å². The van der Waals surface area contributed by atoms with Crippen molar-refractivity contribution in [2.45, 2.75) is 119 Å². The summed E-state index contributed by atoms with van der Waals surface area (Å²) in [5.74, 6) is 1.08. The van der Waals surface area contributed by atoms with Crippen LogP contribution in [0.3, 0.4) is 0 Å². The van der Waals surface area contributed by atoms with Gasteiger partial charge in [0.2, 0.25) is 5.91 Å². The number of aryl methyl sites for hydroxylation is 1. The molecule has 4 aliphatic carbocycles. The minimum absolute atomic E-state index is 0.0297. The van der Waals surface area contributed by atoms with Gasteiger partial charge in [0.1, 0.15) is 40.0 Å². The number of pyridine rings is 1. The Kier molecular flexibility index (Phi) is 10.8. The maximum atomic E-state index is 17.2. The fourth-order valence-electron chi connectivity index (χ4n) is 13.9. The first-order chi connectivity index (χ1) is 34.3. The van der Waals surface area contributed by atoms with Crippen LogP contribution in [-0.4, -0.2) is 118 Å². The maximum absolute atomic E-state index is 17.2. The van der Waals surface area contributed by atoms with Crippen LogP contribution in [0.2, 0.25) is 0 Å². The molecule has 2 atom stereocenters. The highest BCUT2D eigenvalue weighted by molar-refractivity contribution is 6.08. The first kappa shape index (κ1) is 45.1. The standard InChI is InChI=1S/C55H60F3N9O4/c1-2-39-43(56)8-3-32-19-38(68)21-41(45(32)39)47-46(58)48-42(26-59-47)49(67-27-35-4-5-36(28-67)60-35)62-52(61-48)71-30-54(11-12-54)29-65-17-13-53(14-18-65)24-37(25-53)66-15-9-31(10-16-66)40-7-6-34(20-44(40)57)64-55-22-33(23-55)50(69)63-51(55)70/h1,6-7,19-21,26,31,33,35-37,60,64,68H,3-5,8-18,22-25,27-30H2,(H,63,69,70). The Morgan fingerprint density at radius 1 is 0.901 bits per heavy atom. The van der Waals surface area contributed by atoms with Gasteiger partial charge in [-0.15, -0.1) is 6.42 Å². The predicted molar refractivity (Wildman–Crippen MR) is 262 cm³/mol. The molecule has 9 fully saturated rings. The third-order valence-corrected chi connectivity index (χ3v) is 18.3. The van der Waals surface area contributed by atoms with Crippen LogP contribution in [0, 0.1) is 40.7 Å². The highest BCUT2D eigenvalue weighted by atomic mass is 19.1. The summed E-state index contributed by atoms with van der Waals surface area (Å²) in [4.78, 5) is 46.2. The Balaban J connectivity index is 0.641. The van der Waals surface area contributed by atoms with Crippen LogP contribution in [0.5, 0.6) is 11.8 Å². The molecule has 2 amide bonds. The molecule has 2 aromatic carbocycles. The number of aromatic nitrogens is 3. The molecule has 3 saturated carbocycles. The number of imide groups is 1. The van der Waals surface area contributed by atoms with Gasteiger partial charge in [-0.05, 0) is 156 Å². The topological polar surface area (TPSA) is 148 Å². The van der Waals surface area contributed by atoms with Crippen molar-refractivity contribution in [3.05, 3.63) is 70.7 Å². The fraction of sp³-hybridized carbons (Fsp3) is 0.545. The summed E-state index contributed by atoms with van der Waals surface area (Å²) in [5.41, 5.74) is 2.14. The number of nitrogens with one attached hydrogen (secondary N) is 3. The number of piperazine rings is 1. The number of phenolic OH excluding ortho intramolecular Hbond substituents is 1. The van der Waals surface area contributed by atoms with Crippen molar-refractivity contribution in [1.29, 1.82) is 0 Å². The normalized spacial score (nSPS) is 28.0. The molecule has 10 aliphatic rings. The van der Waals surface area contributed by atoms with E-state index in [4.69, 9.17) is 21.1 Å². The van der Waals surface area contributed by atoms with Crippen molar-refractivity contribution in [1.82, 2.24) is 35.4 Å². The van der Waals surface area contributed by atoms with Crippen LogP contribution >= 0.6 is 0 Å². The second kappa shape index (κ2) is 16.9. The van der Waals surface area contributed by atoms with E-state index in [1.54, 1.807) is 12.3 Å². The summed E-state index contributed by atoms with van der Waals surface area (Å²) in [6.45, 7) is 6.81. The number of benzene rings is 2. The van der Waals surface area contributed by atoms with E-state index in [-0.39, 0.29) is 75.4 Å². The van der Waals surface area contributed by atoms with Gasteiger partial charge in [-0.2, -0.15) is 9.97 Å². The minimum atomic E-state index is -0.819. The average molecular weight is 968 g/mol. The van der Waals surface area contributed by atoms with Gasteiger partial charge < -0.3 is 35.2 Å². The monoisotopic (exact) mass is 967 g/mol. The van der Waals surface area contributed by atoms with Gasteiger partial charge in [0.25, 0.3) is 5.91 Å². The van der Waals surface area contributed by atoms with Gasteiger partial charge in [0.15, 0.2) is 5.82 Å². The van der Waals surface area contributed by atoms with Crippen LogP contribution in [0.25, 0.3) is 27.7 Å². The molecule has 71 heavy (non-hydrogen) atoms. The number of anilines is 2. The number of aromatic hydroxyl groups is 1. The van der Waals surface area contributed by atoms with E-state index in [2.05, 4.69) is 41.6 Å². The fourth-order valence-corrected chi connectivity index (χ4v) is 13.9. The summed E-state index contributed by atoms with van der Waals surface area (Å²) < 4.78 is 54.4. The number of phenols is 1. The van der Waals surface area contributed by atoms with Crippen molar-refractivity contribution in [3.63, 3.8) is 0 Å². The number of halogens is 3. The smallest absolute Gasteiger partial charge is 0.319 e. The molecule has 8 heterocycles. The second-order valence-electron chi connectivity index (χ2n) is 22.8. The molecule has 2 aromatic heterocycles. The van der Waals surface area contributed by atoms with E-state index in [1.807, 2.05) is 12.1 Å². The van der Waals surface area contributed by atoms with E-state index < -0.39 is 17.2 Å². The molecule has 4 bridgehead atoms. The van der Waals surface area contributed by atoms with E-state index in [1.165, 1.54) is 37.8 Å². The molecule has 14 rings (SSSR count). The van der Waals surface area contributed by atoms with E-state index in [0.29, 0.717) is 90.5 Å². The van der Waals surface area contributed by atoms with Crippen LogP contribution < -0.4 is 25.6 Å². The highest BCUT2D eigenvalue weighted by Crippen LogP contribution is 2.54. The summed E-state index contributed by atoms with van der Waals surface area (Å²) >= 11 is 0. The first-order valence-corrected chi connectivity index (χ1v) is 26.0. The number of piperidine rings is 4. The molecule has 2 unspecified atom stereocenters. The largest absolute Gasteiger partial charge is 0.508 e. The molecule has 4 aromatic rings. The molecule has 16 heteroatoms. The Labute approximate surface area is 411 Å². The predicted octanol–water partition coefficient (Wildman–Crippen LogP) is 7.38. The Hall–Kier alpha value is -5.76. The van der Waals surface area contributed by atoms with Crippen molar-refractivity contribution < 1.29 is 32.6 Å². The SMILES string of the molecule is C#CC1=C(F)CCc2cc(O)cc(-c3ncc4c(N5CC6CCC(C5)N6)nc(OCC5(CN6CCC7(CC6)CC(N6CCC(c8ccc(NC9%10CC(C9)C(=O)NC%10=O)cc8F)CC6)C7)CC5)nc4c3F)c21. The van der Waals surface area contributed by atoms with Crippen LogP contribution in [-0.2, 0) is 16.0 Å². The van der Waals surface area contributed by atoms with Gasteiger partial charge in [-0.25, -0.2) is 13.2 Å². The minimum Gasteiger partial charge on any atom is -0.508 e. The van der Waals surface area contributed by atoms with Gasteiger partial charge in [0, 0.05) is 78.5 Å². The van der Waals surface area contributed by atoms with Crippen LogP contribution in [0.1, 0.15) is 106 Å². The van der Waals surface area contributed by atoms with Crippen LogP contribution in [0.15, 0.2) is 42.4 Å². The van der Waals surface area contributed by atoms with Crippen molar-refractivity contribution in [2.75, 3.05) is 62.6 Å². The lowest BCUT2D eigenvalue weighted by Crippen LogP contribution is -2.69. The number of terminal acetylenes is 1. The van der Waals surface area contributed by atoms with Gasteiger partial charge in [-0.3, -0.25) is 19.9 Å². The zero-order chi connectivity index (χ0) is 48.4. The zero-order valence-electron chi connectivity index (χ0n) is 40.0. The van der Waals surface area contributed by atoms with Gasteiger partial charge >= 0.3 is 6.01 Å². The number of rotatable bonds is 11. The number of allylic oxidation sites excluding steroid dienone is 2. The molecule has 0 radical (unpaired) electrons. The molecule has 4 N–H and O–H groups in total. The summed E-state index contributed by atoms with van der Waals surface area (Å²) in [6.07, 6.45) is 19.6. The Bertz CT molecular complexity index is 2930. The van der Waals surface area contributed by atoms with E-state index >= 15 is 13.2 Å². The number of carbonyl (C=O) groups excluding carboxylic acids is 2. The first-order valence-electron chi connectivity index (χ1n) is 26.0. The Morgan fingerprint density at radius 2 is 1.66 bits per heavy atom. The Morgan fingerprint density at radius 3 is 2.37 bits per heavy atom. The highest BCUT2D eigenvalue weighted by Gasteiger charge is 2.58. The number of carbonyl (C=O) groups is 2. The van der Waals surface area contributed by atoms with Crippen molar-refractivity contribution >= 4 is 39.8 Å². The number of fused-ring (bicyclic) bond motifs is 6. The second-order valence-corrected chi connectivity index (χ2v) is 22.8. The molecule has 1 spiro atoms. The average Bonchev–Trinajstić information content (AvgIpc) is 4.03. The van der Waals surface area contributed by atoms with Crippen molar-refractivity contribution in [2.24, 2.45) is 16.7 Å². The zero-order valence-corrected chi connectivity index (χ0v) is 40.0. The number of nitrogens with zero attached hydrogens (tertiary/aromatic N) is 6. The lowest BCUT2D eigenvalue weighted by molar-refractivity contribution is -0.149. The number of ether oxygens (including phenoxy) is 1. The molecule has 6 aliphatic heterocycles. The third-order valence-electron chi connectivity index (χ3n) is 18.3. The van der Waals surface area contributed by atoms with Crippen molar-refractivity contribution in [3.8, 4) is 35.4 Å². The maximum Gasteiger partial charge on any atom is 0.319 e. The molecule has 6 saturated heterocycles. The summed E-state index contributed by atoms with van der Waals surface area (Å²) in [7, 11) is 0.